The van der Waals surface area contributed by atoms with Crippen molar-refractivity contribution in [2.45, 2.75) is 6.42 Å². The third kappa shape index (κ3) is 3.13. The Kier molecular flexibility index (Phi) is 3.86. The molecule has 0 fully saturated rings. The van der Waals surface area contributed by atoms with E-state index < -0.39 is 0 Å². The molecule has 1 aromatic rings. The van der Waals surface area contributed by atoms with Gasteiger partial charge < -0.3 is 10.8 Å². The van der Waals surface area contributed by atoms with Crippen LogP contribution in [0.25, 0.3) is 0 Å². The molecule has 0 saturated carbocycles. The van der Waals surface area contributed by atoms with Crippen LogP contribution in [0.4, 0.5) is 4.39 Å². The van der Waals surface area contributed by atoms with Gasteiger partial charge in [-0.05, 0) is 36.6 Å². The number of hydrogen-bond donors (Lipinski definition) is 2. The molecule has 72 valence electrons. The van der Waals surface area contributed by atoms with Gasteiger partial charge in [0.1, 0.15) is 5.82 Å². The van der Waals surface area contributed by atoms with E-state index in [0.29, 0.717) is 13.0 Å². The van der Waals surface area contributed by atoms with Gasteiger partial charge in [0.2, 0.25) is 0 Å². The van der Waals surface area contributed by atoms with Crippen LogP contribution < -0.4 is 5.73 Å². The van der Waals surface area contributed by atoms with E-state index in [9.17, 15) is 4.39 Å². The average molecular weight is 183 g/mol. The Morgan fingerprint density at radius 1 is 1.46 bits per heavy atom. The lowest BCUT2D eigenvalue weighted by molar-refractivity contribution is 0.229. The average Bonchev–Trinajstić information content (AvgIpc) is 2.14. The lowest BCUT2D eigenvalue weighted by Gasteiger charge is -2.10. The summed E-state index contributed by atoms with van der Waals surface area (Å²) in [7, 11) is 0. The molecule has 0 heterocycles. The van der Waals surface area contributed by atoms with E-state index in [4.69, 9.17) is 10.8 Å². The zero-order valence-corrected chi connectivity index (χ0v) is 7.41. The minimum atomic E-state index is -0.244. The molecule has 1 rings (SSSR count). The van der Waals surface area contributed by atoms with Gasteiger partial charge in [-0.3, -0.25) is 0 Å². The monoisotopic (exact) mass is 183 g/mol. The summed E-state index contributed by atoms with van der Waals surface area (Å²) in [6.45, 7) is 0.472. The van der Waals surface area contributed by atoms with Crippen LogP contribution in [-0.4, -0.2) is 18.3 Å². The van der Waals surface area contributed by atoms with Gasteiger partial charge in [0.15, 0.2) is 0 Å². The Morgan fingerprint density at radius 3 is 2.77 bits per heavy atom. The van der Waals surface area contributed by atoms with E-state index in [1.807, 2.05) is 6.07 Å². The fraction of sp³-hybridized carbons (Fsp3) is 0.400. The summed E-state index contributed by atoms with van der Waals surface area (Å²) in [5.41, 5.74) is 6.29. The first kappa shape index (κ1) is 10.2. The molecule has 3 heteroatoms. The highest BCUT2D eigenvalue weighted by molar-refractivity contribution is 5.16. The Morgan fingerprint density at radius 2 is 2.23 bits per heavy atom. The van der Waals surface area contributed by atoms with Crippen molar-refractivity contribution in [2.24, 2.45) is 11.7 Å². The fourth-order valence-electron chi connectivity index (χ4n) is 1.22. The van der Waals surface area contributed by atoms with Crippen molar-refractivity contribution in [3.8, 4) is 0 Å². The summed E-state index contributed by atoms with van der Waals surface area (Å²) in [5.74, 6) is -0.215. The number of benzene rings is 1. The summed E-state index contributed by atoms with van der Waals surface area (Å²) >= 11 is 0. The van der Waals surface area contributed by atoms with Crippen LogP contribution in [0, 0.1) is 11.7 Å². The van der Waals surface area contributed by atoms with Crippen molar-refractivity contribution in [2.75, 3.05) is 13.2 Å². The van der Waals surface area contributed by atoms with Gasteiger partial charge in [-0.2, -0.15) is 0 Å². The molecule has 0 saturated heterocycles. The first-order chi connectivity index (χ1) is 6.26. The van der Waals surface area contributed by atoms with Crippen LogP contribution in [0.5, 0.6) is 0 Å². The predicted octanol–water partition coefficient (Wildman–Crippen LogP) is 0.935. The maximum atomic E-state index is 12.7. The molecule has 0 aliphatic rings. The van der Waals surface area contributed by atoms with E-state index in [0.717, 1.165) is 5.56 Å². The van der Waals surface area contributed by atoms with E-state index in [-0.39, 0.29) is 18.3 Å². The van der Waals surface area contributed by atoms with Gasteiger partial charge in [-0.1, -0.05) is 12.1 Å². The van der Waals surface area contributed by atoms with Crippen molar-refractivity contribution < 1.29 is 9.50 Å². The number of hydrogen-bond acceptors (Lipinski definition) is 2. The van der Waals surface area contributed by atoms with E-state index in [1.165, 1.54) is 12.1 Å². The second-order valence-corrected chi connectivity index (χ2v) is 3.12. The first-order valence-electron chi connectivity index (χ1n) is 4.31. The highest BCUT2D eigenvalue weighted by Gasteiger charge is 2.06. The second-order valence-electron chi connectivity index (χ2n) is 3.12. The summed E-state index contributed by atoms with van der Waals surface area (Å²) in [4.78, 5) is 0. The minimum Gasteiger partial charge on any atom is -0.396 e. The quantitative estimate of drug-likeness (QED) is 0.729. The smallest absolute Gasteiger partial charge is 0.123 e. The zero-order valence-electron chi connectivity index (χ0n) is 7.41. The highest BCUT2D eigenvalue weighted by Crippen LogP contribution is 2.09. The number of rotatable bonds is 4. The molecule has 2 nitrogen and oxygen atoms in total. The van der Waals surface area contributed by atoms with Crippen molar-refractivity contribution in [1.82, 2.24) is 0 Å². The van der Waals surface area contributed by atoms with Gasteiger partial charge in [0, 0.05) is 6.61 Å². The summed E-state index contributed by atoms with van der Waals surface area (Å²) in [6, 6.07) is 6.37. The fourth-order valence-corrected chi connectivity index (χ4v) is 1.22. The maximum Gasteiger partial charge on any atom is 0.123 e. The zero-order chi connectivity index (χ0) is 9.68. The van der Waals surface area contributed by atoms with E-state index in [1.54, 1.807) is 6.07 Å². The number of aliphatic hydroxyl groups is 1. The van der Waals surface area contributed by atoms with Crippen LogP contribution in [-0.2, 0) is 6.42 Å². The Labute approximate surface area is 77.2 Å². The lowest BCUT2D eigenvalue weighted by Crippen LogP contribution is -2.20. The van der Waals surface area contributed by atoms with Gasteiger partial charge in [-0.25, -0.2) is 4.39 Å². The molecular weight excluding hydrogens is 169 g/mol. The van der Waals surface area contributed by atoms with Crippen LogP contribution >= 0.6 is 0 Å². The highest BCUT2D eigenvalue weighted by atomic mass is 19.1. The third-order valence-corrected chi connectivity index (χ3v) is 2.00. The summed E-state index contributed by atoms with van der Waals surface area (Å²) in [6.07, 6.45) is 0.630. The molecule has 1 aromatic carbocycles. The Balaban J connectivity index is 2.62. The maximum absolute atomic E-state index is 12.7. The SMILES string of the molecule is NC[C@@H](CO)Cc1cccc(F)c1. The van der Waals surface area contributed by atoms with Crippen molar-refractivity contribution >= 4 is 0 Å². The summed E-state index contributed by atoms with van der Waals surface area (Å²) in [5, 5.41) is 8.88. The van der Waals surface area contributed by atoms with Crippen LogP contribution in [0.1, 0.15) is 5.56 Å². The topological polar surface area (TPSA) is 46.2 Å². The van der Waals surface area contributed by atoms with Crippen LogP contribution in [0.15, 0.2) is 24.3 Å². The predicted molar refractivity (Wildman–Crippen MR) is 49.7 cm³/mol. The third-order valence-electron chi connectivity index (χ3n) is 2.00. The molecule has 13 heavy (non-hydrogen) atoms. The largest absolute Gasteiger partial charge is 0.396 e. The molecule has 0 aliphatic carbocycles. The molecule has 0 amide bonds. The molecule has 0 radical (unpaired) electrons. The number of halogens is 1. The second kappa shape index (κ2) is 4.94. The summed E-state index contributed by atoms with van der Waals surface area (Å²) < 4.78 is 12.7. The van der Waals surface area contributed by atoms with Gasteiger partial charge in [0.25, 0.3) is 0 Å². The Hall–Kier alpha value is -0.930. The molecule has 0 aromatic heterocycles. The Bertz CT molecular complexity index is 261. The van der Waals surface area contributed by atoms with E-state index >= 15 is 0 Å². The molecule has 1 atom stereocenters. The minimum absolute atomic E-state index is 0.0294. The van der Waals surface area contributed by atoms with Crippen LogP contribution in [0.2, 0.25) is 0 Å². The number of nitrogens with two attached hydrogens (primary N) is 1. The molecule has 0 bridgehead atoms. The van der Waals surface area contributed by atoms with Gasteiger partial charge in [-0.15, -0.1) is 0 Å². The van der Waals surface area contributed by atoms with Crippen molar-refractivity contribution in [3.63, 3.8) is 0 Å². The molecule has 3 N–H and O–H groups in total. The molecule has 0 aliphatic heterocycles. The normalized spacial score (nSPS) is 12.8. The number of aliphatic hydroxyl groups excluding tert-OH is 1. The van der Waals surface area contributed by atoms with Crippen molar-refractivity contribution in [3.05, 3.63) is 35.6 Å². The molecule has 0 unspecified atom stereocenters. The van der Waals surface area contributed by atoms with Gasteiger partial charge in [0.05, 0.1) is 0 Å². The van der Waals surface area contributed by atoms with E-state index in [2.05, 4.69) is 0 Å². The lowest BCUT2D eigenvalue weighted by atomic mass is 10.0. The van der Waals surface area contributed by atoms with Crippen LogP contribution in [0.3, 0.4) is 0 Å². The van der Waals surface area contributed by atoms with Crippen molar-refractivity contribution in [1.29, 1.82) is 0 Å². The van der Waals surface area contributed by atoms with Gasteiger partial charge >= 0.3 is 0 Å². The molecular formula is C10H14FNO. The standard InChI is InChI=1S/C10H14FNO/c11-10-3-1-2-8(5-10)4-9(6-12)7-13/h1-3,5,9,13H,4,6-7,12H2/t9-/m0/s1. The first-order valence-corrected chi connectivity index (χ1v) is 4.31. The molecule has 0 spiro atoms.